The molecule has 0 bridgehead atoms. The highest BCUT2D eigenvalue weighted by Gasteiger charge is 2.42. The Morgan fingerprint density at radius 1 is 1.00 bits per heavy atom. The molecular weight excluding hydrogens is 535 g/mol. The highest BCUT2D eigenvalue weighted by Crippen LogP contribution is 2.36. The average molecular weight is 559 g/mol. The fourth-order valence-corrected chi connectivity index (χ4v) is 5.48. The standard InChI is InChI=1S/C26H23ClF4N2OS.ClH/c27-22-9-7-19-10-12-32-13-11-20(19)24(22)35-16-18-6-8-21(23(28)14-18)25(34)33(26(29,30)31)15-17-4-2-1-3-5-17;/h1-9,14,32H,10-13,15-16H2;1H. The number of benzene rings is 3. The van der Waals surface area contributed by atoms with E-state index in [-0.39, 0.29) is 17.3 Å². The normalized spacial score (nSPS) is 13.4. The molecule has 10 heteroatoms. The van der Waals surface area contributed by atoms with E-state index >= 15 is 0 Å². The summed E-state index contributed by atoms with van der Waals surface area (Å²) in [6, 6.07) is 15.4. The van der Waals surface area contributed by atoms with Crippen molar-refractivity contribution in [3.63, 3.8) is 0 Å². The van der Waals surface area contributed by atoms with Gasteiger partial charge in [-0.25, -0.2) is 9.29 Å². The van der Waals surface area contributed by atoms with E-state index < -0.39 is 30.1 Å². The van der Waals surface area contributed by atoms with E-state index in [0.29, 0.717) is 21.9 Å². The lowest BCUT2D eigenvalue weighted by molar-refractivity contribution is -0.228. The van der Waals surface area contributed by atoms with Crippen molar-refractivity contribution in [3.8, 4) is 0 Å². The van der Waals surface area contributed by atoms with Crippen LogP contribution in [0.3, 0.4) is 0 Å². The highest BCUT2D eigenvalue weighted by atomic mass is 35.5. The first-order valence-electron chi connectivity index (χ1n) is 11.1. The van der Waals surface area contributed by atoms with Crippen molar-refractivity contribution in [1.82, 2.24) is 10.2 Å². The molecule has 36 heavy (non-hydrogen) atoms. The Morgan fingerprint density at radius 2 is 1.72 bits per heavy atom. The molecule has 3 nitrogen and oxygen atoms in total. The van der Waals surface area contributed by atoms with E-state index in [4.69, 9.17) is 11.6 Å². The maximum absolute atomic E-state index is 14.9. The molecule has 192 valence electrons. The van der Waals surface area contributed by atoms with Gasteiger partial charge in [0.25, 0.3) is 5.91 Å². The van der Waals surface area contributed by atoms with Gasteiger partial charge in [0, 0.05) is 10.6 Å². The largest absolute Gasteiger partial charge is 0.487 e. The number of alkyl halides is 3. The summed E-state index contributed by atoms with van der Waals surface area (Å²) in [6.45, 7) is 1.02. The molecule has 0 spiro atoms. The quantitative estimate of drug-likeness (QED) is 0.200. The van der Waals surface area contributed by atoms with E-state index in [1.165, 1.54) is 41.1 Å². The van der Waals surface area contributed by atoms with Gasteiger partial charge in [-0.1, -0.05) is 54.1 Å². The molecule has 0 unspecified atom stereocenters. The van der Waals surface area contributed by atoms with Gasteiger partial charge in [0.05, 0.1) is 17.1 Å². The Morgan fingerprint density at radius 3 is 2.42 bits per heavy atom. The molecule has 0 aromatic heterocycles. The number of fused-ring (bicyclic) bond motifs is 1. The lowest BCUT2D eigenvalue weighted by Crippen LogP contribution is -2.42. The van der Waals surface area contributed by atoms with Crippen molar-refractivity contribution in [1.29, 1.82) is 0 Å². The second-order valence-corrected chi connectivity index (χ2v) is 9.60. The highest BCUT2D eigenvalue weighted by molar-refractivity contribution is 7.98. The summed E-state index contributed by atoms with van der Waals surface area (Å²) in [5.74, 6) is -2.05. The Balaban J connectivity index is 0.00000361. The molecule has 0 fully saturated rings. The molecule has 0 saturated carbocycles. The van der Waals surface area contributed by atoms with E-state index in [9.17, 15) is 22.4 Å². The summed E-state index contributed by atoms with van der Waals surface area (Å²) in [5.41, 5.74) is 2.61. The molecule has 4 rings (SSSR count). The summed E-state index contributed by atoms with van der Waals surface area (Å²) in [7, 11) is 0. The van der Waals surface area contributed by atoms with Crippen molar-refractivity contribution < 1.29 is 22.4 Å². The number of carbonyl (C=O) groups excluding carboxylic acids is 1. The van der Waals surface area contributed by atoms with Gasteiger partial charge in [-0.05, 0) is 66.4 Å². The summed E-state index contributed by atoms with van der Waals surface area (Å²) in [4.78, 5) is 13.3. The van der Waals surface area contributed by atoms with Crippen LogP contribution >= 0.6 is 35.8 Å². The van der Waals surface area contributed by atoms with Crippen molar-refractivity contribution >= 4 is 41.7 Å². The van der Waals surface area contributed by atoms with Gasteiger partial charge >= 0.3 is 6.30 Å². The van der Waals surface area contributed by atoms with Crippen molar-refractivity contribution in [2.24, 2.45) is 0 Å². The third-order valence-corrected chi connectivity index (χ3v) is 7.47. The van der Waals surface area contributed by atoms with Crippen LogP contribution in [0.4, 0.5) is 17.6 Å². The van der Waals surface area contributed by atoms with Crippen molar-refractivity contribution in [2.75, 3.05) is 13.1 Å². The van der Waals surface area contributed by atoms with Crippen LogP contribution in [0.25, 0.3) is 0 Å². The van der Waals surface area contributed by atoms with Crippen LogP contribution in [-0.4, -0.2) is 30.2 Å². The van der Waals surface area contributed by atoms with Gasteiger partial charge in [-0.15, -0.1) is 37.3 Å². The Labute approximate surface area is 222 Å². The van der Waals surface area contributed by atoms with Gasteiger partial charge in [0.15, 0.2) is 0 Å². The zero-order valence-electron chi connectivity index (χ0n) is 19.1. The SMILES string of the molecule is Cl.O=C(c1ccc(CSc2c(Cl)ccc3c2CCNCC3)cc1F)N(Cc1ccccc1)C(F)(F)F. The third-order valence-electron chi connectivity index (χ3n) is 5.81. The molecule has 0 atom stereocenters. The van der Waals surface area contributed by atoms with E-state index in [1.54, 1.807) is 18.2 Å². The average Bonchev–Trinajstić information content (AvgIpc) is 3.07. The lowest BCUT2D eigenvalue weighted by atomic mass is 10.0. The predicted molar refractivity (Wildman–Crippen MR) is 137 cm³/mol. The number of carbonyl (C=O) groups is 1. The summed E-state index contributed by atoms with van der Waals surface area (Å²) in [6.07, 6.45) is -3.23. The third kappa shape index (κ3) is 6.73. The second kappa shape index (κ2) is 12.3. The number of hydrogen-bond acceptors (Lipinski definition) is 3. The first-order valence-corrected chi connectivity index (χ1v) is 12.4. The van der Waals surface area contributed by atoms with Gasteiger partial charge in [-0.3, -0.25) is 4.79 Å². The number of thioether (sulfide) groups is 1. The number of amides is 1. The molecule has 1 aliphatic rings. The lowest BCUT2D eigenvalue weighted by Gasteiger charge is -2.25. The molecule has 1 N–H and O–H groups in total. The van der Waals surface area contributed by atoms with Gasteiger partial charge in [0.2, 0.25) is 0 Å². The molecule has 3 aromatic carbocycles. The number of hydrogen-bond donors (Lipinski definition) is 1. The minimum absolute atomic E-state index is 0. The molecular formula is C26H24Cl2F4N2OS. The summed E-state index contributed by atoms with van der Waals surface area (Å²) in [5, 5.41) is 3.97. The van der Waals surface area contributed by atoms with E-state index in [0.717, 1.165) is 43.0 Å². The van der Waals surface area contributed by atoms with Crippen LogP contribution < -0.4 is 5.32 Å². The van der Waals surface area contributed by atoms with Gasteiger partial charge < -0.3 is 5.32 Å². The fourth-order valence-electron chi connectivity index (χ4n) is 4.03. The smallest absolute Gasteiger partial charge is 0.316 e. The topological polar surface area (TPSA) is 32.3 Å². The van der Waals surface area contributed by atoms with Crippen LogP contribution in [0.1, 0.15) is 32.6 Å². The molecule has 1 amide bonds. The molecule has 1 heterocycles. The zero-order valence-corrected chi connectivity index (χ0v) is 21.5. The molecule has 0 saturated heterocycles. The zero-order chi connectivity index (χ0) is 25.0. The van der Waals surface area contributed by atoms with Gasteiger partial charge in [-0.2, -0.15) is 0 Å². The van der Waals surface area contributed by atoms with Crippen LogP contribution in [0, 0.1) is 5.82 Å². The maximum Gasteiger partial charge on any atom is 0.487 e. The van der Waals surface area contributed by atoms with Crippen molar-refractivity contribution in [2.45, 2.75) is 36.3 Å². The van der Waals surface area contributed by atoms with Crippen LogP contribution in [0.5, 0.6) is 0 Å². The van der Waals surface area contributed by atoms with E-state index in [2.05, 4.69) is 5.32 Å². The minimum Gasteiger partial charge on any atom is -0.316 e. The summed E-state index contributed by atoms with van der Waals surface area (Å²) < 4.78 is 55.7. The van der Waals surface area contributed by atoms with Crippen LogP contribution in [0.2, 0.25) is 5.02 Å². The number of rotatable bonds is 6. The number of nitrogens with zero attached hydrogens (tertiary/aromatic N) is 1. The Kier molecular flexibility index (Phi) is 9.69. The Hall–Kier alpha value is -2.26. The molecule has 0 radical (unpaired) electrons. The van der Waals surface area contributed by atoms with E-state index in [1.807, 2.05) is 12.1 Å². The number of nitrogens with one attached hydrogen (secondary N) is 1. The summed E-state index contributed by atoms with van der Waals surface area (Å²) >= 11 is 7.91. The monoisotopic (exact) mass is 558 g/mol. The Bertz CT molecular complexity index is 1210. The molecule has 1 aliphatic heterocycles. The van der Waals surface area contributed by atoms with Crippen molar-refractivity contribution in [3.05, 3.63) is 99.3 Å². The fraction of sp³-hybridized carbons (Fsp3) is 0.269. The van der Waals surface area contributed by atoms with Crippen LogP contribution in [-0.2, 0) is 25.1 Å². The first-order chi connectivity index (χ1) is 16.7. The first kappa shape index (κ1) is 28.3. The van der Waals surface area contributed by atoms with Crippen LogP contribution in [0.15, 0.2) is 65.6 Å². The molecule has 3 aromatic rings. The van der Waals surface area contributed by atoms with Gasteiger partial charge in [0.1, 0.15) is 5.82 Å². The predicted octanol–water partition coefficient (Wildman–Crippen LogP) is 7.04. The number of halogens is 6. The molecule has 0 aliphatic carbocycles. The maximum atomic E-state index is 14.9. The minimum atomic E-state index is -4.95. The second-order valence-electron chi connectivity index (χ2n) is 8.21.